The number of cyclic esters (lactones) is 1. The summed E-state index contributed by atoms with van der Waals surface area (Å²) in [4.78, 5) is 18.0. The van der Waals surface area contributed by atoms with Gasteiger partial charge in [-0.3, -0.25) is 0 Å². The normalized spacial score (nSPS) is 18.9. The van der Waals surface area contributed by atoms with Crippen LogP contribution in [0.3, 0.4) is 0 Å². The van der Waals surface area contributed by atoms with Crippen LogP contribution in [0.2, 0.25) is 0 Å². The molecule has 0 saturated heterocycles. The Morgan fingerprint density at radius 3 is 2.33 bits per heavy atom. The number of aliphatic hydroxyl groups excluding tert-OH is 1. The first-order valence-electron chi connectivity index (χ1n) is 13.7. The first-order chi connectivity index (χ1) is 18.9. The highest BCUT2D eigenvalue weighted by atomic mass is 32.2. The molecule has 1 unspecified atom stereocenters. The molecule has 2 N–H and O–H groups in total. The second-order valence-corrected chi connectivity index (χ2v) is 13.0. The van der Waals surface area contributed by atoms with E-state index in [1.165, 1.54) is 6.20 Å². The van der Waals surface area contributed by atoms with Gasteiger partial charge in [-0.05, 0) is 47.1 Å². The van der Waals surface area contributed by atoms with Crippen LogP contribution in [0.25, 0.3) is 11.1 Å². The van der Waals surface area contributed by atoms with Gasteiger partial charge in [-0.2, -0.15) is 0 Å². The van der Waals surface area contributed by atoms with Crippen LogP contribution in [0.5, 0.6) is 0 Å². The number of carbonyl (C=O) groups is 1. The number of pyridine rings is 1. The topological polar surface area (TPSA) is 106 Å². The van der Waals surface area contributed by atoms with E-state index in [1.807, 2.05) is 89.2 Å². The molecule has 7 nitrogen and oxygen atoms in total. The Kier molecular flexibility index (Phi) is 8.52. The van der Waals surface area contributed by atoms with E-state index in [2.05, 4.69) is 9.71 Å². The standard InChI is InChI=1S/C32H38N2O5S/c1-6-19-32(25-18-12-11-14-22(25)7-2)21-26(35)27(30(36)39-32)28(31(3,4)5)34-40(37,38)29-24(17-13-20-33-29)23-15-9-8-10-16-23/h8-18,20,28,34-35H,6-7,19,21H2,1-5H3/t28?,32-/m0/s1. The van der Waals surface area contributed by atoms with Gasteiger partial charge in [-0.1, -0.05) is 95.6 Å². The molecular weight excluding hydrogens is 524 g/mol. The zero-order chi connectivity index (χ0) is 29.1. The van der Waals surface area contributed by atoms with Crippen LogP contribution in [0, 0.1) is 5.41 Å². The fourth-order valence-electron chi connectivity index (χ4n) is 5.46. The average molecular weight is 563 g/mol. The van der Waals surface area contributed by atoms with E-state index in [-0.39, 0.29) is 22.8 Å². The number of hydrogen-bond donors (Lipinski definition) is 2. The summed E-state index contributed by atoms with van der Waals surface area (Å²) in [5.74, 6) is -0.891. The molecule has 3 aromatic rings. The third-order valence-corrected chi connectivity index (χ3v) is 8.73. The van der Waals surface area contributed by atoms with E-state index < -0.39 is 33.1 Å². The van der Waals surface area contributed by atoms with Crippen LogP contribution in [-0.2, 0) is 31.6 Å². The number of esters is 1. The largest absolute Gasteiger partial charge is 0.512 e. The van der Waals surface area contributed by atoms with Gasteiger partial charge in [0.1, 0.15) is 11.4 Å². The highest BCUT2D eigenvalue weighted by Crippen LogP contribution is 2.45. The number of rotatable bonds is 9. The second-order valence-electron chi connectivity index (χ2n) is 11.3. The number of aromatic nitrogens is 1. The molecule has 2 aromatic carbocycles. The first kappa shape index (κ1) is 29.5. The molecule has 0 spiro atoms. The number of aryl methyl sites for hydroxylation is 1. The summed E-state index contributed by atoms with van der Waals surface area (Å²) in [6, 6.07) is 19.2. The van der Waals surface area contributed by atoms with Crippen LogP contribution in [0.4, 0.5) is 0 Å². The second kappa shape index (κ2) is 11.6. The molecule has 8 heteroatoms. The van der Waals surface area contributed by atoms with Crippen molar-refractivity contribution in [2.45, 2.75) is 77.0 Å². The Hall–Kier alpha value is -3.49. The maximum Gasteiger partial charge on any atom is 0.340 e. The average Bonchev–Trinajstić information content (AvgIpc) is 2.92. The maximum atomic E-state index is 13.8. The van der Waals surface area contributed by atoms with E-state index in [0.29, 0.717) is 17.5 Å². The summed E-state index contributed by atoms with van der Waals surface area (Å²) < 4.78 is 36.6. The minimum absolute atomic E-state index is 0.0616. The van der Waals surface area contributed by atoms with Crippen LogP contribution in [0.15, 0.2) is 89.3 Å². The Bertz CT molecular complexity index is 1510. The zero-order valence-electron chi connectivity index (χ0n) is 23.8. The van der Waals surface area contributed by atoms with Crippen molar-refractivity contribution in [3.63, 3.8) is 0 Å². The van der Waals surface area contributed by atoms with Crippen LogP contribution in [0.1, 0.15) is 65.0 Å². The molecule has 4 rings (SSSR count). The number of aliphatic hydroxyl groups is 1. The van der Waals surface area contributed by atoms with Gasteiger partial charge in [0.15, 0.2) is 5.03 Å². The minimum Gasteiger partial charge on any atom is -0.512 e. The third-order valence-electron chi connectivity index (χ3n) is 7.35. The Morgan fingerprint density at radius 1 is 1.02 bits per heavy atom. The van der Waals surface area contributed by atoms with Crippen molar-refractivity contribution in [1.29, 1.82) is 0 Å². The van der Waals surface area contributed by atoms with Crippen molar-refractivity contribution in [2.75, 3.05) is 0 Å². The Labute approximate surface area is 237 Å². The lowest BCUT2D eigenvalue weighted by Crippen LogP contribution is -2.50. The molecule has 212 valence electrons. The van der Waals surface area contributed by atoms with Gasteiger partial charge < -0.3 is 9.84 Å². The van der Waals surface area contributed by atoms with Crippen molar-refractivity contribution < 1.29 is 23.1 Å². The lowest BCUT2D eigenvalue weighted by molar-refractivity contribution is -0.162. The van der Waals surface area contributed by atoms with Crippen LogP contribution in [-0.4, -0.2) is 30.5 Å². The Balaban J connectivity index is 1.78. The van der Waals surface area contributed by atoms with E-state index in [1.54, 1.807) is 12.1 Å². The van der Waals surface area contributed by atoms with Crippen molar-refractivity contribution >= 4 is 16.0 Å². The van der Waals surface area contributed by atoms with Crippen molar-refractivity contribution in [1.82, 2.24) is 9.71 Å². The van der Waals surface area contributed by atoms with Gasteiger partial charge >= 0.3 is 5.97 Å². The SMILES string of the molecule is CCC[C@@]1(c2ccccc2CC)CC(O)=C(C(NS(=O)(=O)c2ncccc2-c2ccccc2)C(C)(C)C)C(=O)O1. The summed E-state index contributed by atoms with van der Waals surface area (Å²) in [5, 5.41) is 11.3. The third kappa shape index (κ3) is 5.83. The van der Waals surface area contributed by atoms with Crippen LogP contribution >= 0.6 is 0 Å². The van der Waals surface area contributed by atoms with E-state index in [0.717, 1.165) is 24.0 Å². The van der Waals surface area contributed by atoms with E-state index in [9.17, 15) is 18.3 Å². The molecule has 1 aliphatic heterocycles. The molecule has 0 bridgehead atoms. The summed E-state index contributed by atoms with van der Waals surface area (Å²) in [6.45, 7) is 9.47. The molecule has 40 heavy (non-hydrogen) atoms. The molecule has 0 amide bonds. The molecule has 0 radical (unpaired) electrons. The molecule has 2 heterocycles. The summed E-state index contributed by atoms with van der Waals surface area (Å²) in [5.41, 5.74) is 1.14. The number of carbonyl (C=O) groups excluding carboxylic acids is 1. The van der Waals surface area contributed by atoms with Gasteiger partial charge in [0, 0.05) is 18.2 Å². The van der Waals surface area contributed by atoms with Gasteiger partial charge in [0.2, 0.25) is 0 Å². The molecule has 0 saturated carbocycles. The summed E-state index contributed by atoms with van der Waals surface area (Å²) in [7, 11) is -4.23. The number of ether oxygens (including phenoxy) is 1. The van der Waals surface area contributed by atoms with E-state index in [4.69, 9.17) is 4.74 Å². The van der Waals surface area contributed by atoms with Gasteiger partial charge in [-0.15, -0.1) is 0 Å². The summed E-state index contributed by atoms with van der Waals surface area (Å²) in [6.07, 6.45) is 3.47. The van der Waals surface area contributed by atoms with Crippen LogP contribution < -0.4 is 4.72 Å². The highest BCUT2D eigenvalue weighted by molar-refractivity contribution is 7.89. The molecular formula is C32H38N2O5S. The maximum absolute atomic E-state index is 13.8. The number of nitrogens with zero attached hydrogens (tertiary/aromatic N) is 1. The van der Waals surface area contributed by atoms with Crippen molar-refractivity contribution in [2.24, 2.45) is 5.41 Å². The number of benzene rings is 2. The molecule has 1 aromatic heterocycles. The molecule has 0 aliphatic carbocycles. The fourth-order valence-corrected chi connectivity index (χ4v) is 7.03. The lowest BCUT2D eigenvalue weighted by atomic mass is 9.76. The fraction of sp³-hybridized carbons (Fsp3) is 0.375. The monoisotopic (exact) mass is 562 g/mol. The molecule has 0 fully saturated rings. The quantitative estimate of drug-likeness (QED) is 0.290. The number of nitrogens with one attached hydrogen (secondary N) is 1. The Morgan fingerprint density at radius 2 is 1.70 bits per heavy atom. The zero-order valence-corrected chi connectivity index (χ0v) is 24.6. The first-order valence-corrected chi connectivity index (χ1v) is 15.2. The summed E-state index contributed by atoms with van der Waals surface area (Å²) >= 11 is 0. The van der Waals surface area contributed by atoms with Gasteiger partial charge in [0.05, 0.1) is 11.6 Å². The number of hydrogen-bond acceptors (Lipinski definition) is 6. The highest BCUT2D eigenvalue weighted by Gasteiger charge is 2.48. The minimum atomic E-state index is -4.23. The van der Waals surface area contributed by atoms with Crippen molar-refractivity contribution in [3.8, 4) is 11.1 Å². The van der Waals surface area contributed by atoms with Gasteiger partial charge in [-0.25, -0.2) is 22.9 Å². The molecule has 1 aliphatic rings. The predicted molar refractivity (Wildman–Crippen MR) is 156 cm³/mol. The lowest BCUT2D eigenvalue weighted by Gasteiger charge is -2.42. The number of sulfonamides is 1. The van der Waals surface area contributed by atoms with Gasteiger partial charge in [0.25, 0.3) is 10.0 Å². The van der Waals surface area contributed by atoms with E-state index >= 15 is 0 Å². The predicted octanol–water partition coefficient (Wildman–Crippen LogP) is 6.46. The molecule has 2 atom stereocenters. The smallest absolute Gasteiger partial charge is 0.340 e. The van der Waals surface area contributed by atoms with Crippen molar-refractivity contribution in [3.05, 3.63) is 95.4 Å².